The van der Waals surface area contributed by atoms with Crippen LogP contribution in [0.1, 0.15) is 46.2 Å². The molecule has 2 aromatic carbocycles. The first-order valence-electron chi connectivity index (χ1n) is 11.1. The summed E-state index contributed by atoms with van der Waals surface area (Å²) >= 11 is 0. The number of amides is 4. The van der Waals surface area contributed by atoms with Gasteiger partial charge in [0.1, 0.15) is 24.3 Å². The van der Waals surface area contributed by atoms with Gasteiger partial charge in [-0.2, -0.15) is 20.4 Å². The molecular weight excluding hydrogens is 496 g/mol. The van der Waals surface area contributed by atoms with E-state index in [1.54, 1.807) is 38.1 Å². The van der Waals surface area contributed by atoms with Crippen molar-refractivity contribution in [3.8, 4) is 11.5 Å². The number of nitrogens with zero attached hydrogens (tertiary/aromatic N) is 4. The van der Waals surface area contributed by atoms with Gasteiger partial charge in [0.15, 0.2) is 0 Å². The minimum atomic E-state index is -0.737. The van der Waals surface area contributed by atoms with Gasteiger partial charge in [-0.25, -0.2) is 21.7 Å². The second kappa shape index (κ2) is 12.5. The molecule has 1 heterocycles. The lowest BCUT2D eigenvalue weighted by atomic mass is 10.1. The number of carbonyl (C=O) groups is 4. The van der Waals surface area contributed by atoms with E-state index in [4.69, 9.17) is 0 Å². The number of carbonyl (C=O) groups excluding carboxylic acids is 4. The maximum Gasteiger partial charge on any atom is 0.249 e. The van der Waals surface area contributed by atoms with Crippen LogP contribution in [-0.2, 0) is 19.2 Å². The van der Waals surface area contributed by atoms with E-state index in [1.807, 2.05) is 0 Å². The van der Waals surface area contributed by atoms with Crippen LogP contribution in [0.5, 0.6) is 11.5 Å². The lowest BCUT2D eigenvalue weighted by molar-refractivity contribution is -0.130. The zero-order valence-electron chi connectivity index (χ0n) is 20.3. The molecule has 2 aromatic rings. The van der Waals surface area contributed by atoms with E-state index in [0.717, 1.165) is 0 Å². The fourth-order valence-electron chi connectivity index (χ4n) is 3.21. The SMILES string of the molecule is Cc1cc2c(O)c(c1)/C=N\NC(=O)CC(=O)N/N=C/c1cc(C)cc(c1O)/C=N/NC(=O)CC(=O)N/N=C\2. The van der Waals surface area contributed by atoms with Crippen molar-refractivity contribution in [2.45, 2.75) is 26.7 Å². The molecule has 4 amide bonds. The second-order valence-corrected chi connectivity index (χ2v) is 8.11. The van der Waals surface area contributed by atoms with E-state index >= 15 is 0 Å². The van der Waals surface area contributed by atoms with Crippen LogP contribution in [0, 0.1) is 13.8 Å². The van der Waals surface area contributed by atoms with Crippen LogP contribution in [0.3, 0.4) is 0 Å². The molecule has 0 aliphatic carbocycles. The van der Waals surface area contributed by atoms with Crippen molar-refractivity contribution < 1.29 is 29.4 Å². The molecule has 0 unspecified atom stereocenters. The molecule has 6 N–H and O–H groups in total. The summed E-state index contributed by atoms with van der Waals surface area (Å²) in [5.41, 5.74) is 11.1. The Morgan fingerprint density at radius 1 is 0.526 bits per heavy atom. The Morgan fingerprint density at radius 3 is 1.00 bits per heavy atom. The highest BCUT2D eigenvalue weighted by Gasteiger charge is 2.12. The predicted molar refractivity (Wildman–Crippen MR) is 138 cm³/mol. The monoisotopic (exact) mass is 520 g/mol. The van der Waals surface area contributed by atoms with Crippen molar-refractivity contribution in [1.29, 1.82) is 0 Å². The minimum Gasteiger partial charge on any atom is -0.507 e. The standard InChI is InChI=1S/C24H24N8O6/c1-13-3-15-9-25-29-19(33)7-21(35)31-27-11-17-5-14(2)6-18(24(17)38)12-28-32-22(36)8-20(34)30-26-10-16(4-13)23(15)37/h3-6,9-12,37-38H,7-8H2,1-2H3,(H,29,33)(H,30,34)(H,31,35)(H,32,36)/b25-9-,26-10-,27-11+,28-12+. The minimum absolute atomic E-state index is 0.233. The molecule has 0 atom stereocenters. The van der Waals surface area contributed by atoms with Crippen molar-refractivity contribution in [3.63, 3.8) is 0 Å². The van der Waals surface area contributed by atoms with Gasteiger partial charge < -0.3 is 10.2 Å². The largest absolute Gasteiger partial charge is 0.507 e. The number of fused-ring (bicyclic) bond motifs is 4. The normalized spacial score (nSPS) is 18.6. The van der Waals surface area contributed by atoms with Gasteiger partial charge in [-0.05, 0) is 49.2 Å². The van der Waals surface area contributed by atoms with E-state index < -0.39 is 36.5 Å². The van der Waals surface area contributed by atoms with E-state index in [0.29, 0.717) is 11.1 Å². The van der Waals surface area contributed by atoms with Gasteiger partial charge in [0.05, 0.1) is 24.9 Å². The molecule has 38 heavy (non-hydrogen) atoms. The summed E-state index contributed by atoms with van der Waals surface area (Å²) in [4.78, 5) is 48.1. The van der Waals surface area contributed by atoms with Gasteiger partial charge in [-0.1, -0.05) is 0 Å². The van der Waals surface area contributed by atoms with Gasteiger partial charge in [-0.3, -0.25) is 19.2 Å². The van der Waals surface area contributed by atoms with Crippen molar-refractivity contribution in [1.82, 2.24) is 21.7 Å². The Labute approximate surface area is 216 Å². The summed E-state index contributed by atoms with van der Waals surface area (Å²) < 4.78 is 0. The summed E-state index contributed by atoms with van der Waals surface area (Å²) in [6.07, 6.45) is 3.51. The highest BCUT2D eigenvalue weighted by atomic mass is 16.3. The Kier molecular flexibility index (Phi) is 8.96. The average molecular weight is 521 g/mol. The third-order valence-electron chi connectivity index (χ3n) is 4.84. The number of hydrogen-bond donors (Lipinski definition) is 6. The summed E-state index contributed by atoms with van der Waals surface area (Å²) in [6, 6.07) is 6.35. The van der Waals surface area contributed by atoms with Gasteiger partial charge >= 0.3 is 0 Å². The molecule has 1 aliphatic heterocycles. The molecule has 0 saturated heterocycles. The molecular formula is C24H24N8O6. The second-order valence-electron chi connectivity index (χ2n) is 8.11. The van der Waals surface area contributed by atoms with Crippen LogP contribution in [0.15, 0.2) is 44.7 Å². The molecule has 0 spiro atoms. The number of hydrogen-bond acceptors (Lipinski definition) is 10. The van der Waals surface area contributed by atoms with Gasteiger partial charge in [-0.15, -0.1) is 0 Å². The van der Waals surface area contributed by atoms with Crippen LogP contribution in [0.25, 0.3) is 0 Å². The Balaban J connectivity index is 1.87. The summed E-state index contributed by atoms with van der Waals surface area (Å²) in [5, 5.41) is 35.9. The number of aryl methyl sites for hydroxylation is 2. The molecule has 0 radical (unpaired) electrons. The molecule has 0 saturated carbocycles. The summed E-state index contributed by atoms with van der Waals surface area (Å²) in [6.45, 7) is 3.49. The van der Waals surface area contributed by atoms with Crippen molar-refractivity contribution in [3.05, 3.63) is 57.6 Å². The Morgan fingerprint density at radius 2 is 0.763 bits per heavy atom. The molecule has 1 aliphatic rings. The molecule has 14 nitrogen and oxygen atoms in total. The zero-order chi connectivity index (χ0) is 27.7. The predicted octanol–water partition coefficient (Wildman–Crippen LogP) is 0.00904. The smallest absolute Gasteiger partial charge is 0.249 e. The van der Waals surface area contributed by atoms with E-state index in [-0.39, 0.29) is 33.8 Å². The maximum atomic E-state index is 12.0. The number of rotatable bonds is 0. The first-order valence-corrected chi connectivity index (χ1v) is 11.1. The lowest BCUT2D eigenvalue weighted by Crippen LogP contribution is -2.27. The van der Waals surface area contributed by atoms with Crippen molar-refractivity contribution >= 4 is 48.5 Å². The van der Waals surface area contributed by atoms with Crippen LogP contribution in [0.4, 0.5) is 0 Å². The fourth-order valence-corrected chi connectivity index (χ4v) is 3.21. The molecule has 0 aromatic heterocycles. The van der Waals surface area contributed by atoms with Crippen LogP contribution >= 0.6 is 0 Å². The highest BCUT2D eigenvalue weighted by Crippen LogP contribution is 2.22. The van der Waals surface area contributed by atoms with Gasteiger partial charge in [0, 0.05) is 22.3 Å². The first kappa shape index (κ1) is 27.2. The van der Waals surface area contributed by atoms with Crippen LogP contribution in [0.2, 0.25) is 0 Å². The topological polar surface area (TPSA) is 206 Å². The average Bonchev–Trinajstić information content (AvgIpc) is 2.83. The first-order chi connectivity index (χ1) is 18.1. The number of phenols is 2. The van der Waals surface area contributed by atoms with E-state index in [9.17, 15) is 29.4 Å². The third-order valence-corrected chi connectivity index (χ3v) is 4.84. The highest BCUT2D eigenvalue weighted by molar-refractivity contribution is 6.00. The van der Waals surface area contributed by atoms with Crippen LogP contribution < -0.4 is 21.7 Å². The number of benzene rings is 2. The number of aromatic hydroxyl groups is 2. The fraction of sp³-hybridized carbons (Fsp3) is 0.167. The summed E-state index contributed by atoms with van der Waals surface area (Å²) in [5.74, 6) is -3.42. The molecule has 4 bridgehead atoms. The molecule has 196 valence electrons. The van der Waals surface area contributed by atoms with E-state index in [1.165, 1.54) is 24.9 Å². The molecule has 14 heteroatoms. The number of hydrazone groups is 4. The lowest BCUT2D eigenvalue weighted by Gasteiger charge is -2.06. The Hall–Kier alpha value is -5.40. The molecule has 3 rings (SSSR count). The van der Waals surface area contributed by atoms with Crippen molar-refractivity contribution in [2.75, 3.05) is 0 Å². The maximum absolute atomic E-state index is 12.0. The number of nitrogens with one attached hydrogen (secondary N) is 4. The van der Waals surface area contributed by atoms with Gasteiger partial charge in [0.2, 0.25) is 23.6 Å². The van der Waals surface area contributed by atoms with Crippen molar-refractivity contribution in [2.24, 2.45) is 20.4 Å². The molecule has 0 fully saturated rings. The Bertz CT molecular complexity index is 1200. The quantitative estimate of drug-likeness (QED) is 0.264. The van der Waals surface area contributed by atoms with Crippen LogP contribution in [-0.4, -0.2) is 58.7 Å². The van der Waals surface area contributed by atoms with E-state index in [2.05, 4.69) is 42.1 Å². The number of phenolic OH excluding ortho intramolecular Hbond substituents is 2. The van der Waals surface area contributed by atoms with Gasteiger partial charge in [0.25, 0.3) is 0 Å². The zero-order valence-corrected chi connectivity index (χ0v) is 20.3. The summed E-state index contributed by atoms with van der Waals surface area (Å²) in [7, 11) is 0. The third kappa shape index (κ3) is 7.81.